The van der Waals surface area contributed by atoms with Crippen molar-refractivity contribution in [1.29, 1.82) is 0 Å². The second kappa shape index (κ2) is 4.84. The van der Waals surface area contributed by atoms with Gasteiger partial charge in [0.05, 0.1) is 18.6 Å². The number of nitrogens with one attached hydrogen (secondary N) is 1. The number of imidazole rings is 1. The van der Waals surface area contributed by atoms with E-state index in [4.69, 9.17) is 6.42 Å². The van der Waals surface area contributed by atoms with Crippen molar-refractivity contribution in [3.05, 3.63) is 17.7 Å². The number of carbonyl (C=O) groups is 1. The van der Waals surface area contributed by atoms with Crippen LogP contribution in [-0.4, -0.2) is 22.0 Å². The number of fused-ring (bicyclic) bond motifs is 1. The quantitative estimate of drug-likeness (QED) is 0.750. The van der Waals surface area contributed by atoms with Gasteiger partial charge in [0.1, 0.15) is 6.54 Å². The van der Waals surface area contributed by atoms with Crippen LogP contribution in [0, 0.1) is 12.3 Å². The number of hydrogen-bond donors (Lipinski definition) is 1. The van der Waals surface area contributed by atoms with E-state index < -0.39 is 0 Å². The molecule has 1 aromatic heterocycles. The highest BCUT2D eigenvalue weighted by Crippen LogP contribution is 2.19. The minimum atomic E-state index is -0.0521. The van der Waals surface area contributed by atoms with Crippen molar-refractivity contribution in [2.24, 2.45) is 0 Å². The van der Waals surface area contributed by atoms with Gasteiger partial charge in [-0.3, -0.25) is 4.79 Å². The van der Waals surface area contributed by atoms with Crippen LogP contribution in [0.5, 0.6) is 0 Å². The molecule has 0 unspecified atom stereocenters. The second-order valence-electron chi connectivity index (χ2n) is 3.95. The lowest BCUT2D eigenvalue weighted by molar-refractivity contribution is -0.121. The zero-order valence-corrected chi connectivity index (χ0v) is 9.20. The lowest BCUT2D eigenvalue weighted by Crippen LogP contribution is -2.28. The average Bonchev–Trinajstić information content (AvgIpc) is 2.70. The predicted octanol–water partition coefficient (Wildman–Crippen LogP) is 0.511. The molecule has 0 atom stereocenters. The first-order valence-corrected chi connectivity index (χ1v) is 5.54. The topological polar surface area (TPSA) is 46.9 Å². The van der Waals surface area contributed by atoms with Crippen LogP contribution >= 0.6 is 0 Å². The Morgan fingerprint density at radius 2 is 2.38 bits per heavy atom. The van der Waals surface area contributed by atoms with Crippen molar-refractivity contribution in [2.75, 3.05) is 6.54 Å². The molecular weight excluding hydrogens is 202 g/mol. The van der Waals surface area contributed by atoms with Gasteiger partial charge in [-0.1, -0.05) is 5.92 Å². The third-order valence-electron chi connectivity index (χ3n) is 2.81. The molecule has 0 saturated carbocycles. The largest absolute Gasteiger partial charge is 0.344 e. The molecule has 0 bridgehead atoms. The highest BCUT2D eigenvalue weighted by molar-refractivity contribution is 5.76. The van der Waals surface area contributed by atoms with Crippen molar-refractivity contribution < 1.29 is 4.79 Å². The van der Waals surface area contributed by atoms with E-state index >= 15 is 0 Å². The van der Waals surface area contributed by atoms with E-state index in [1.54, 1.807) is 6.33 Å². The summed E-state index contributed by atoms with van der Waals surface area (Å²) in [6.07, 6.45) is 11.3. The summed E-state index contributed by atoms with van der Waals surface area (Å²) in [5.41, 5.74) is 2.36. The molecule has 2 rings (SSSR count). The first kappa shape index (κ1) is 10.7. The number of aryl methyl sites for hydroxylation is 1. The number of nitrogens with zero attached hydrogens (tertiary/aromatic N) is 2. The third kappa shape index (κ3) is 2.25. The van der Waals surface area contributed by atoms with E-state index in [9.17, 15) is 4.79 Å². The summed E-state index contributed by atoms with van der Waals surface area (Å²) in [5, 5.41) is 2.65. The number of hydrogen-bond acceptors (Lipinski definition) is 2. The smallest absolute Gasteiger partial charge is 0.240 e. The molecular formula is C12H15N3O. The third-order valence-corrected chi connectivity index (χ3v) is 2.81. The maximum absolute atomic E-state index is 11.5. The monoisotopic (exact) mass is 217 g/mol. The van der Waals surface area contributed by atoms with E-state index in [0.29, 0.717) is 6.54 Å². The van der Waals surface area contributed by atoms with Gasteiger partial charge in [-0.15, -0.1) is 6.42 Å². The van der Waals surface area contributed by atoms with Gasteiger partial charge >= 0.3 is 0 Å². The summed E-state index contributed by atoms with van der Waals surface area (Å²) >= 11 is 0. The lowest BCUT2D eigenvalue weighted by atomic mass is 10.0. The number of rotatable bonds is 3. The molecule has 0 fully saturated rings. The molecule has 1 aromatic rings. The summed E-state index contributed by atoms with van der Waals surface area (Å²) in [7, 11) is 0. The Hall–Kier alpha value is -1.76. The van der Waals surface area contributed by atoms with Gasteiger partial charge in [0, 0.05) is 5.69 Å². The standard InChI is InChI=1S/C12H15N3O/c1-2-7-13-12(16)8-15-9-14-10-5-3-4-6-11(10)15/h1,9H,3-8H2,(H,13,16). The molecule has 4 nitrogen and oxygen atoms in total. The molecule has 1 amide bonds. The Morgan fingerprint density at radius 3 is 3.19 bits per heavy atom. The molecule has 0 aliphatic heterocycles. The Kier molecular flexibility index (Phi) is 3.25. The van der Waals surface area contributed by atoms with Crippen LogP contribution in [0.25, 0.3) is 0 Å². The molecule has 1 aliphatic carbocycles. The Labute approximate surface area is 95.1 Å². The molecule has 1 N–H and O–H groups in total. The van der Waals surface area contributed by atoms with E-state index in [-0.39, 0.29) is 12.5 Å². The zero-order chi connectivity index (χ0) is 11.4. The highest BCUT2D eigenvalue weighted by atomic mass is 16.1. The Balaban J connectivity index is 2.02. The van der Waals surface area contributed by atoms with Gasteiger partial charge in [-0.05, 0) is 25.7 Å². The molecule has 0 aromatic carbocycles. The highest BCUT2D eigenvalue weighted by Gasteiger charge is 2.16. The summed E-state index contributed by atoms with van der Waals surface area (Å²) in [6, 6.07) is 0. The van der Waals surface area contributed by atoms with Crippen molar-refractivity contribution in [2.45, 2.75) is 32.2 Å². The minimum absolute atomic E-state index is 0.0521. The summed E-state index contributed by atoms with van der Waals surface area (Å²) in [5.74, 6) is 2.33. The number of aromatic nitrogens is 2. The zero-order valence-electron chi connectivity index (χ0n) is 9.20. The fourth-order valence-electron chi connectivity index (χ4n) is 2.03. The molecule has 16 heavy (non-hydrogen) atoms. The molecule has 0 spiro atoms. The average molecular weight is 217 g/mol. The summed E-state index contributed by atoms with van der Waals surface area (Å²) in [4.78, 5) is 15.8. The van der Waals surface area contributed by atoms with Gasteiger partial charge < -0.3 is 9.88 Å². The summed E-state index contributed by atoms with van der Waals surface area (Å²) in [6.45, 7) is 0.611. The van der Waals surface area contributed by atoms with Gasteiger partial charge in [0.2, 0.25) is 5.91 Å². The summed E-state index contributed by atoms with van der Waals surface area (Å²) < 4.78 is 1.93. The Morgan fingerprint density at radius 1 is 1.56 bits per heavy atom. The van der Waals surface area contributed by atoms with Crippen LogP contribution in [0.3, 0.4) is 0 Å². The lowest BCUT2D eigenvalue weighted by Gasteiger charge is -2.13. The van der Waals surface area contributed by atoms with Crippen molar-refractivity contribution >= 4 is 5.91 Å². The van der Waals surface area contributed by atoms with Crippen LogP contribution in [0.2, 0.25) is 0 Å². The van der Waals surface area contributed by atoms with Gasteiger partial charge in [0.15, 0.2) is 0 Å². The van der Waals surface area contributed by atoms with Crippen LogP contribution in [0.1, 0.15) is 24.2 Å². The molecule has 84 valence electrons. The molecule has 4 heteroatoms. The maximum Gasteiger partial charge on any atom is 0.240 e. The van der Waals surface area contributed by atoms with Crippen LogP contribution in [0.15, 0.2) is 6.33 Å². The molecule has 1 heterocycles. The van der Waals surface area contributed by atoms with E-state index in [0.717, 1.165) is 18.5 Å². The fraction of sp³-hybridized carbons (Fsp3) is 0.500. The van der Waals surface area contributed by atoms with Gasteiger partial charge in [-0.25, -0.2) is 4.98 Å². The maximum atomic E-state index is 11.5. The SMILES string of the molecule is C#CCNC(=O)Cn1cnc2c1CCCC2. The normalized spacial score (nSPS) is 13.9. The first-order chi connectivity index (χ1) is 7.81. The van der Waals surface area contributed by atoms with Crippen LogP contribution in [0.4, 0.5) is 0 Å². The second-order valence-corrected chi connectivity index (χ2v) is 3.95. The Bertz CT molecular complexity index is 428. The molecule has 0 saturated heterocycles. The first-order valence-electron chi connectivity index (χ1n) is 5.54. The van der Waals surface area contributed by atoms with Crippen LogP contribution in [-0.2, 0) is 24.2 Å². The van der Waals surface area contributed by atoms with Crippen molar-refractivity contribution in [3.63, 3.8) is 0 Å². The van der Waals surface area contributed by atoms with E-state index in [1.165, 1.54) is 18.5 Å². The van der Waals surface area contributed by atoms with Gasteiger partial charge in [-0.2, -0.15) is 0 Å². The molecule has 0 radical (unpaired) electrons. The number of carbonyl (C=O) groups excluding carboxylic acids is 1. The van der Waals surface area contributed by atoms with Gasteiger partial charge in [0.25, 0.3) is 0 Å². The fourth-order valence-corrected chi connectivity index (χ4v) is 2.03. The van der Waals surface area contributed by atoms with Crippen molar-refractivity contribution in [1.82, 2.24) is 14.9 Å². The van der Waals surface area contributed by atoms with Crippen LogP contribution < -0.4 is 5.32 Å². The van der Waals surface area contributed by atoms with E-state index in [1.807, 2.05) is 4.57 Å². The molecule has 1 aliphatic rings. The number of terminal acetylenes is 1. The predicted molar refractivity (Wildman–Crippen MR) is 60.7 cm³/mol. The van der Waals surface area contributed by atoms with E-state index in [2.05, 4.69) is 16.2 Å². The number of amides is 1. The minimum Gasteiger partial charge on any atom is -0.344 e. The van der Waals surface area contributed by atoms with Crippen molar-refractivity contribution in [3.8, 4) is 12.3 Å².